The van der Waals surface area contributed by atoms with Gasteiger partial charge in [0.05, 0.1) is 13.2 Å². The minimum absolute atomic E-state index is 0. The maximum atomic E-state index is 9.59. The molecule has 1 aromatic carbocycles. The number of fused-ring (bicyclic) bond motifs is 1. The lowest BCUT2D eigenvalue weighted by molar-refractivity contribution is 0.274. The topological polar surface area (TPSA) is 64.7 Å². The highest BCUT2D eigenvalue weighted by atomic mass is 35.5. The summed E-state index contributed by atoms with van der Waals surface area (Å²) in [5.41, 5.74) is 7.13. The second-order valence-electron chi connectivity index (χ2n) is 3.48. The van der Waals surface area contributed by atoms with Crippen molar-refractivity contribution in [3.05, 3.63) is 23.8 Å². The molecule has 0 radical (unpaired) electrons. The number of rotatable bonds is 4. The zero-order chi connectivity index (χ0) is 10.7. The standard InChI is InChI=1S/C10H14BNO3.ClH/c12-5-2-6-14-9-4-1-3-8-7-15-11(13)10(8)9;/h1,3-4,13H,2,5-7,12H2;1H. The first-order valence-corrected chi connectivity index (χ1v) is 5.07. The van der Waals surface area contributed by atoms with E-state index < -0.39 is 7.12 Å². The molecule has 0 saturated heterocycles. The summed E-state index contributed by atoms with van der Waals surface area (Å²) in [5, 5.41) is 9.59. The molecule has 2 rings (SSSR count). The third-order valence-corrected chi connectivity index (χ3v) is 2.41. The Morgan fingerprint density at radius 2 is 2.31 bits per heavy atom. The van der Waals surface area contributed by atoms with Gasteiger partial charge in [-0.15, -0.1) is 12.4 Å². The van der Waals surface area contributed by atoms with Crippen molar-refractivity contribution in [1.82, 2.24) is 0 Å². The van der Waals surface area contributed by atoms with Crippen LogP contribution in [0.2, 0.25) is 0 Å². The number of hydrogen-bond donors (Lipinski definition) is 2. The molecule has 0 amide bonds. The van der Waals surface area contributed by atoms with Gasteiger partial charge in [0.1, 0.15) is 5.75 Å². The Morgan fingerprint density at radius 3 is 3.06 bits per heavy atom. The molecule has 3 N–H and O–H groups in total. The van der Waals surface area contributed by atoms with E-state index in [2.05, 4.69) is 0 Å². The van der Waals surface area contributed by atoms with Crippen LogP contribution in [0.25, 0.3) is 0 Å². The molecule has 1 aromatic rings. The molecular formula is C10H15BClNO3. The molecule has 88 valence electrons. The molecule has 1 aliphatic heterocycles. The van der Waals surface area contributed by atoms with Crippen molar-refractivity contribution >= 4 is 25.0 Å². The van der Waals surface area contributed by atoms with Crippen LogP contribution in [-0.2, 0) is 11.3 Å². The Balaban J connectivity index is 0.00000128. The van der Waals surface area contributed by atoms with Gasteiger partial charge in [-0.2, -0.15) is 0 Å². The third kappa shape index (κ3) is 2.68. The summed E-state index contributed by atoms with van der Waals surface area (Å²) >= 11 is 0. The first kappa shape index (κ1) is 13.3. The van der Waals surface area contributed by atoms with Gasteiger partial charge in [-0.05, 0) is 24.6 Å². The van der Waals surface area contributed by atoms with E-state index in [0.29, 0.717) is 25.5 Å². The Kier molecular flexibility index (Phi) is 5.08. The van der Waals surface area contributed by atoms with Crippen molar-refractivity contribution in [1.29, 1.82) is 0 Å². The van der Waals surface area contributed by atoms with Crippen LogP contribution in [0, 0.1) is 0 Å². The Hall–Kier alpha value is -0.745. The normalized spacial score (nSPS) is 13.2. The summed E-state index contributed by atoms with van der Waals surface area (Å²) in [6.45, 7) is 1.62. The lowest BCUT2D eigenvalue weighted by Crippen LogP contribution is -2.30. The van der Waals surface area contributed by atoms with Crippen LogP contribution >= 0.6 is 12.4 Å². The van der Waals surface area contributed by atoms with Crippen LogP contribution in [-0.4, -0.2) is 25.3 Å². The van der Waals surface area contributed by atoms with E-state index >= 15 is 0 Å². The summed E-state index contributed by atoms with van der Waals surface area (Å²) in [6, 6.07) is 5.67. The van der Waals surface area contributed by atoms with Crippen molar-refractivity contribution in [2.45, 2.75) is 13.0 Å². The molecule has 0 spiro atoms. The van der Waals surface area contributed by atoms with Gasteiger partial charge >= 0.3 is 7.12 Å². The quantitative estimate of drug-likeness (QED) is 0.579. The van der Waals surface area contributed by atoms with Gasteiger partial charge in [0, 0.05) is 5.46 Å². The highest BCUT2D eigenvalue weighted by Crippen LogP contribution is 2.18. The number of hydrogen-bond acceptors (Lipinski definition) is 4. The largest absolute Gasteiger partial charge is 0.495 e. The molecule has 0 saturated carbocycles. The Morgan fingerprint density at radius 1 is 1.50 bits per heavy atom. The van der Waals surface area contributed by atoms with Crippen molar-refractivity contribution in [2.75, 3.05) is 13.2 Å². The molecule has 16 heavy (non-hydrogen) atoms. The van der Waals surface area contributed by atoms with E-state index in [-0.39, 0.29) is 12.4 Å². The summed E-state index contributed by atoms with van der Waals surface area (Å²) in [4.78, 5) is 0. The second kappa shape index (κ2) is 6.10. The molecular weight excluding hydrogens is 228 g/mol. The van der Waals surface area contributed by atoms with Crippen molar-refractivity contribution in [2.24, 2.45) is 5.73 Å². The monoisotopic (exact) mass is 243 g/mol. The average molecular weight is 243 g/mol. The maximum Gasteiger partial charge on any atom is 0.495 e. The van der Waals surface area contributed by atoms with Crippen LogP contribution in [0.3, 0.4) is 0 Å². The first-order valence-electron chi connectivity index (χ1n) is 5.07. The van der Waals surface area contributed by atoms with E-state index in [4.69, 9.17) is 15.1 Å². The van der Waals surface area contributed by atoms with Crippen molar-refractivity contribution < 1.29 is 14.4 Å². The average Bonchev–Trinajstić information content (AvgIpc) is 2.62. The number of nitrogens with two attached hydrogens (primary N) is 1. The van der Waals surface area contributed by atoms with Gasteiger partial charge in [-0.25, -0.2) is 0 Å². The predicted octanol–water partition coefficient (Wildman–Crippen LogP) is 0.0537. The minimum atomic E-state index is -0.853. The van der Waals surface area contributed by atoms with E-state index in [1.807, 2.05) is 18.2 Å². The van der Waals surface area contributed by atoms with Crippen LogP contribution in [0.15, 0.2) is 18.2 Å². The van der Waals surface area contributed by atoms with Gasteiger partial charge in [0.25, 0.3) is 0 Å². The fraction of sp³-hybridized carbons (Fsp3) is 0.400. The lowest BCUT2D eigenvalue weighted by atomic mass is 9.79. The van der Waals surface area contributed by atoms with Crippen LogP contribution in [0.4, 0.5) is 0 Å². The van der Waals surface area contributed by atoms with E-state index in [1.54, 1.807) is 0 Å². The maximum absolute atomic E-state index is 9.59. The second-order valence-corrected chi connectivity index (χ2v) is 3.48. The van der Waals surface area contributed by atoms with Gasteiger partial charge in [-0.1, -0.05) is 12.1 Å². The van der Waals surface area contributed by atoms with Crippen molar-refractivity contribution in [3.63, 3.8) is 0 Å². The minimum Gasteiger partial charge on any atom is -0.494 e. The summed E-state index contributed by atoms with van der Waals surface area (Å²) in [7, 11) is -0.853. The molecule has 0 unspecified atom stereocenters. The van der Waals surface area contributed by atoms with Gasteiger partial charge in [0.15, 0.2) is 0 Å². The molecule has 1 heterocycles. The fourth-order valence-electron chi connectivity index (χ4n) is 1.64. The van der Waals surface area contributed by atoms with Gasteiger partial charge in [-0.3, -0.25) is 0 Å². The highest BCUT2D eigenvalue weighted by Gasteiger charge is 2.30. The number of benzene rings is 1. The first-order chi connectivity index (χ1) is 7.33. The van der Waals surface area contributed by atoms with E-state index in [0.717, 1.165) is 17.4 Å². The summed E-state index contributed by atoms with van der Waals surface area (Å²) in [6.07, 6.45) is 0.806. The van der Waals surface area contributed by atoms with Crippen LogP contribution < -0.4 is 15.9 Å². The van der Waals surface area contributed by atoms with Crippen LogP contribution in [0.5, 0.6) is 5.75 Å². The Bertz CT molecular complexity index is 351. The molecule has 0 bridgehead atoms. The third-order valence-electron chi connectivity index (χ3n) is 2.41. The highest BCUT2D eigenvalue weighted by molar-refractivity contribution is 6.62. The summed E-state index contributed by atoms with van der Waals surface area (Å²) in [5.74, 6) is 0.700. The molecule has 6 heteroatoms. The molecule has 0 fully saturated rings. The zero-order valence-electron chi connectivity index (χ0n) is 8.89. The zero-order valence-corrected chi connectivity index (χ0v) is 9.70. The number of halogens is 1. The fourth-order valence-corrected chi connectivity index (χ4v) is 1.64. The lowest BCUT2D eigenvalue weighted by Gasteiger charge is -2.09. The van der Waals surface area contributed by atoms with E-state index in [9.17, 15) is 5.02 Å². The Labute approximate surface area is 101 Å². The predicted molar refractivity (Wildman–Crippen MR) is 65.3 cm³/mol. The van der Waals surface area contributed by atoms with Crippen molar-refractivity contribution in [3.8, 4) is 5.75 Å². The van der Waals surface area contributed by atoms with Crippen LogP contribution in [0.1, 0.15) is 12.0 Å². The molecule has 0 aromatic heterocycles. The molecule has 1 aliphatic rings. The molecule has 0 atom stereocenters. The van der Waals surface area contributed by atoms with Gasteiger partial charge in [0.2, 0.25) is 0 Å². The SMILES string of the molecule is Cl.NCCCOc1cccc2c1B(O)OC2. The molecule has 4 nitrogen and oxygen atoms in total. The smallest absolute Gasteiger partial charge is 0.494 e. The van der Waals surface area contributed by atoms with Gasteiger partial charge < -0.3 is 20.1 Å². The van der Waals surface area contributed by atoms with E-state index in [1.165, 1.54) is 0 Å². The number of ether oxygens (including phenoxy) is 1. The summed E-state index contributed by atoms with van der Waals surface area (Å²) < 4.78 is 10.7. The molecule has 0 aliphatic carbocycles.